The van der Waals surface area contributed by atoms with Crippen molar-refractivity contribution in [1.29, 1.82) is 0 Å². The lowest BCUT2D eigenvalue weighted by molar-refractivity contribution is 0.459. The van der Waals surface area contributed by atoms with Gasteiger partial charge in [-0.3, -0.25) is 0 Å². The van der Waals surface area contributed by atoms with Crippen LogP contribution in [0, 0.1) is 6.92 Å². The Labute approximate surface area is 198 Å². The molecule has 2 N–H and O–H groups in total. The van der Waals surface area contributed by atoms with Crippen LogP contribution < -0.4 is 14.8 Å². The van der Waals surface area contributed by atoms with Gasteiger partial charge in [-0.2, -0.15) is 4.98 Å². The highest BCUT2D eigenvalue weighted by Crippen LogP contribution is 2.31. The van der Waals surface area contributed by atoms with Crippen molar-refractivity contribution >= 4 is 21.7 Å². The second-order valence-corrected chi connectivity index (χ2v) is 9.79. The topological polar surface area (TPSA) is 93.2 Å². The molecule has 0 radical (unpaired) electrons. The lowest BCUT2D eigenvalue weighted by Gasteiger charge is -2.15. The van der Waals surface area contributed by atoms with Crippen LogP contribution in [0.5, 0.6) is 11.6 Å². The summed E-state index contributed by atoms with van der Waals surface area (Å²) in [6.45, 7) is 2.65. The third kappa shape index (κ3) is 4.72. The van der Waals surface area contributed by atoms with Gasteiger partial charge in [-0.1, -0.05) is 48.5 Å². The molecular weight excluding hydrogens is 448 g/mol. The standard InChI is InChI=1S/C26H24N4O3S/c1-18-8-2-5-14-24(18)33-25-17-23-22-13-4-3-9-19(22)10-7-15-27-20-11-6-12-21(16-20)34(31,32)30-26(28-23)29-25/h2-6,8-9,11-14,16-17,27H,7,10,15H2,1H3,(H,28,29,30). The number of ether oxygens (including phenoxy) is 1. The van der Waals surface area contributed by atoms with Gasteiger partial charge in [-0.05, 0) is 55.2 Å². The number of anilines is 2. The molecule has 0 atom stereocenters. The average Bonchev–Trinajstić information content (AvgIpc) is 2.83. The Morgan fingerprint density at radius 2 is 1.74 bits per heavy atom. The molecule has 0 fully saturated rings. The monoisotopic (exact) mass is 472 g/mol. The lowest BCUT2D eigenvalue weighted by atomic mass is 10.00. The number of fused-ring (bicyclic) bond motifs is 6. The normalized spacial score (nSPS) is 14.6. The van der Waals surface area contributed by atoms with Crippen molar-refractivity contribution in [1.82, 2.24) is 9.97 Å². The Balaban J connectivity index is 1.65. The van der Waals surface area contributed by atoms with Crippen LogP contribution in [0.2, 0.25) is 0 Å². The minimum Gasteiger partial charge on any atom is -0.439 e. The summed E-state index contributed by atoms with van der Waals surface area (Å²) < 4.78 is 34.9. The number of nitrogens with zero attached hydrogens (tertiary/aromatic N) is 2. The van der Waals surface area contributed by atoms with E-state index in [2.05, 4.69) is 26.1 Å². The van der Waals surface area contributed by atoms with E-state index in [1.807, 2.05) is 55.5 Å². The summed E-state index contributed by atoms with van der Waals surface area (Å²) in [5.74, 6) is 0.850. The molecule has 34 heavy (non-hydrogen) atoms. The number of para-hydroxylation sites is 1. The molecule has 1 aromatic heterocycles. The van der Waals surface area contributed by atoms with E-state index in [1.165, 1.54) is 0 Å². The zero-order chi connectivity index (χ0) is 23.5. The zero-order valence-electron chi connectivity index (χ0n) is 18.7. The largest absolute Gasteiger partial charge is 0.439 e. The van der Waals surface area contributed by atoms with Crippen LogP contribution in [0.4, 0.5) is 11.6 Å². The van der Waals surface area contributed by atoms with Crippen LogP contribution >= 0.6 is 0 Å². The number of aryl methyl sites for hydroxylation is 2. The second-order valence-electron chi connectivity index (χ2n) is 8.10. The maximum Gasteiger partial charge on any atom is 0.264 e. The molecule has 1 aliphatic rings. The summed E-state index contributed by atoms with van der Waals surface area (Å²) in [6.07, 6.45) is 1.71. The molecule has 2 heterocycles. The molecule has 0 amide bonds. The maximum absolute atomic E-state index is 13.2. The van der Waals surface area contributed by atoms with Gasteiger partial charge in [0.25, 0.3) is 10.0 Å². The summed E-state index contributed by atoms with van der Waals surface area (Å²) in [4.78, 5) is 9.07. The number of rotatable bonds is 2. The predicted octanol–water partition coefficient (Wildman–Crippen LogP) is 5.40. The maximum atomic E-state index is 13.2. The first-order chi connectivity index (χ1) is 16.5. The summed E-state index contributed by atoms with van der Waals surface area (Å²) in [5, 5.41) is 3.31. The van der Waals surface area contributed by atoms with E-state index in [1.54, 1.807) is 24.3 Å². The SMILES string of the molecule is Cc1ccccc1Oc1cc2nc(n1)NS(=O)(=O)c1cccc(c1)NCCCc1ccccc1-2. The molecule has 8 heteroatoms. The van der Waals surface area contributed by atoms with Crippen molar-refractivity contribution in [2.75, 3.05) is 16.6 Å². The fourth-order valence-corrected chi connectivity index (χ4v) is 4.89. The Morgan fingerprint density at radius 3 is 2.62 bits per heavy atom. The molecule has 0 saturated carbocycles. The Kier molecular flexibility index (Phi) is 5.90. The molecule has 172 valence electrons. The van der Waals surface area contributed by atoms with E-state index < -0.39 is 10.0 Å². The van der Waals surface area contributed by atoms with Gasteiger partial charge in [0.1, 0.15) is 5.75 Å². The first-order valence-electron chi connectivity index (χ1n) is 11.1. The second kappa shape index (κ2) is 9.15. The van der Waals surface area contributed by atoms with Crippen LogP contribution in [-0.4, -0.2) is 24.9 Å². The molecule has 7 nitrogen and oxygen atoms in total. The van der Waals surface area contributed by atoms with Gasteiger partial charge in [-0.25, -0.2) is 18.1 Å². The minimum atomic E-state index is -3.91. The van der Waals surface area contributed by atoms with Gasteiger partial charge in [0.2, 0.25) is 11.8 Å². The fourth-order valence-electron chi connectivity index (χ4n) is 3.90. The number of aromatic nitrogens is 2. The fraction of sp³-hybridized carbons (Fsp3) is 0.154. The highest BCUT2D eigenvalue weighted by atomic mass is 32.2. The number of sulfonamides is 1. The Bertz CT molecular complexity index is 1450. The molecule has 5 rings (SSSR count). The zero-order valence-corrected chi connectivity index (χ0v) is 19.5. The van der Waals surface area contributed by atoms with Crippen molar-refractivity contribution in [3.05, 3.63) is 90.0 Å². The molecular formula is C26H24N4O3S. The van der Waals surface area contributed by atoms with Gasteiger partial charge in [0.15, 0.2) is 0 Å². The quantitative estimate of drug-likeness (QED) is 0.406. The lowest BCUT2D eigenvalue weighted by Crippen LogP contribution is -2.16. The Hall–Kier alpha value is -3.91. The van der Waals surface area contributed by atoms with Gasteiger partial charge in [0.05, 0.1) is 10.6 Å². The van der Waals surface area contributed by atoms with Crippen LogP contribution in [-0.2, 0) is 16.4 Å². The number of benzene rings is 3. The minimum absolute atomic E-state index is 0.0497. The predicted molar refractivity (Wildman–Crippen MR) is 133 cm³/mol. The molecule has 4 aromatic rings. The highest BCUT2D eigenvalue weighted by molar-refractivity contribution is 7.92. The summed E-state index contributed by atoms with van der Waals surface area (Å²) >= 11 is 0. The van der Waals surface area contributed by atoms with Crippen LogP contribution in [0.1, 0.15) is 17.5 Å². The molecule has 0 unspecified atom stereocenters. The van der Waals surface area contributed by atoms with Gasteiger partial charge < -0.3 is 10.1 Å². The van der Waals surface area contributed by atoms with E-state index in [9.17, 15) is 8.42 Å². The van der Waals surface area contributed by atoms with Gasteiger partial charge >= 0.3 is 0 Å². The average molecular weight is 473 g/mol. The first-order valence-corrected chi connectivity index (χ1v) is 12.5. The number of nitrogens with one attached hydrogen (secondary N) is 2. The first kappa shape index (κ1) is 21.9. The highest BCUT2D eigenvalue weighted by Gasteiger charge is 2.19. The summed E-state index contributed by atoms with van der Waals surface area (Å²) in [7, 11) is -3.91. The van der Waals surface area contributed by atoms with E-state index >= 15 is 0 Å². The van der Waals surface area contributed by atoms with Crippen molar-refractivity contribution in [2.45, 2.75) is 24.7 Å². The van der Waals surface area contributed by atoms with Crippen LogP contribution in [0.3, 0.4) is 0 Å². The number of hydrogen-bond acceptors (Lipinski definition) is 6. The van der Waals surface area contributed by atoms with Crippen LogP contribution in [0.25, 0.3) is 11.3 Å². The molecule has 0 saturated heterocycles. The van der Waals surface area contributed by atoms with E-state index in [0.717, 1.165) is 35.2 Å². The molecule has 3 aromatic carbocycles. The summed E-state index contributed by atoms with van der Waals surface area (Å²) in [6, 6.07) is 24.0. The van der Waals surface area contributed by atoms with Gasteiger partial charge in [-0.15, -0.1) is 0 Å². The van der Waals surface area contributed by atoms with Crippen LogP contribution in [0.15, 0.2) is 83.8 Å². The van der Waals surface area contributed by atoms with Crippen molar-refractivity contribution in [3.8, 4) is 22.9 Å². The smallest absolute Gasteiger partial charge is 0.264 e. The van der Waals surface area contributed by atoms with E-state index in [0.29, 0.717) is 18.0 Å². The Morgan fingerprint density at radius 1 is 0.912 bits per heavy atom. The molecule has 1 aliphatic heterocycles. The molecule has 0 aliphatic carbocycles. The third-order valence-corrected chi connectivity index (χ3v) is 6.95. The van der Waals surface area contributed by atoms with E-state index in [-0.39, 0.29) is 16.7 Å². The van der Waals surface area contributed by atoms with Crippen molar-refractivity contribution < 1.29 is 13.2 Å². The third-order valence-electron chi connectivity index (χ3n) is 5.63. The molecule has 0 spiro atoms. The number of hydrogen-bond donors (Lipinski definition) is 2. The summed E-state index contributed by atoms with van der Waals surface area (Å²) in [5.41, 5.74) is 4.30. The van der Waals surface area contributed by atoms with Crippen molar-refractivity contribution in [3.63, 3.8) is 0 Å². The van der Waals surface area contributed by atoms with Crippen molar-refractivity contribution in [2.24, 2.45) is 0 Å². The molecule has 4 bridgehead atoms. The van der Waals surface area contributed by atoms with Gasteiger partial charge in [0, 0.05) is 23.9 Å². The van der Waals surface area contributed by atoms with E-state index in [4.69, 9.17) is 4.74 Å².